The maximum atomic E-state index is 12.6. The van der Waals surface area contributed by atoms with Crippen molar-refractivity contribution in [2.75, 3.05) is 22.6 Å². The summed E-state index contributed by atoms with van der Waals surface area (Å²) < 4.78 is 41.1. The van der Waals surface area contributed by atoms with Gasteiger partial charge in [0.2, 0.25) is 5.91 Å². The van der Waals surface area contributed by atoms with Gasteiger partial charge in [-0.3, -0.25) is 9.69 Å². The van der Waals surface area contributed by atoms with Gasteiger partial charge >= 0.3 is 6.36 Å². The SMILES string of the molecule is CC(/C=N/N=C1\SCC(=O)N1c1ccccc1C(C)C)=C\c1ccc(N(C)c2ccc(OC(F)(F)F)cc2)nc1. The van der Waals surface area contributed by atoms with Crippen LogP contribution < -0.4 is 14.5 Å². The summed E-state index contributed by atoms with van der Waals surface area (Å²) in [7, 11) is 1.77. The molecule has 1 fully saturated rings. The number of hydrogen-bond donors (Lipinski definition) is 0. The number of ether oxygens (including phenoxy) is 1. The second kappa shape index (κ2) is 12.4. The Morgan fingerprint density at radius 1 is 1.12 bits per heavy atom. The van der Waals surface area contributed by atoms with Crippen LogP contribution in [0.4, 0.5) is 30.4 Å². The van der Waals surface area contributed by atoms with Crippen molar-refractivity contribution in [3.05, 3.63) is 83.6 Å². The maximum absolute atomic E-state index is 12.6. The van der Waals surface area contributed by atoms with Gasteiger partial charge in [0.25, 0.3) is 0 Å². The third-order valence-corrected chi connectivity index (χ3v) is 6.85. The maximum Gasteiger partial charge on any atom is 0.573 e. The van der Waals surface area contributed by atoms with Gasteiger partial charge in [0.1, 0.15) is 11.6 Å². The second-order valence-corrected chi connectivity index (χ2v) is 10.2. The molecule has 2 heterocycles. The molecule has 0 bridgehead atoms. The Labute approximate surface area is 235 Å². The van der Waals surface area contributed by atoms with Crippen molar-refractivity contribution in [2.24, 2.45) is 10.2 Å². The molecule has 11 heteroatoms. The van der Waals surface area contributed by atoms with Gasteiger partial charge in [0.15, 0.2) is 5.17 Å². The van der Waals surface area contributed by atoms with Crippen LogP contribution >= 0.6 is 11.8 Å². The smallest absolute Gasteiger partial charge is 0.406 e. The molecule has 0 spiro atoms. The second-order valence-electron chi connectivity index (χ2n) is 9.30. The lowest BCUT2D eigenvalue weighted by atomic mass is 10.0. The highest BCUT2D eigenvalue weighted by atomic mass is 32.2. The molecule has 0 N–H and O–H groups in total. The van der Waals surface area contributed by atoms with E-state index in [1.54, 1.807) is 35.3 Å². The van der Waals surface area contributed by atoms with Gasteiger partial charge < -0.3 is 9.64 Å². The number of thioether (sulfide) groups is 1. The average molecular weight is 568 g/mol. The van der Waals surface area contributed by atoms with E-state index >= 15 is 0 Å². The molecule has 1 saturated heterocycles. The van der Waals surface area contributed by atoms with Crippen molar-refractivity contribution >= 4 is 52.3 Å². The largest absolute Gasteiger partial charge is 0.573 e. The summed E-state index contributed by atoms with van der Waals surface area (Å²) in [5, 5.41) is 9.09. The lowest BCUT2D eigenvalue weighted by molar-refractivity contribution is -0.274. The number of benzene rings is 2. The lowest BCUT2D eigenvalue weighted by Crippen LogP contribution is -2.30. The highest BCUT2D eigenvalue weighted by Crippen LogP contribution is 2.33. The molecule has 1 aliphatic heterocycles. The number of rotatable bonds is 8. The number of pyridine rings is 1. The van der Waals surface area contributed by atoms with E-state index in [1.807, 2.05) is 43.3 Å². The van der Waals surface area contributed by atoms with E-state index in [0.29, 0.717) is 22.4 Å². The van der Waals surface area contributed by atoms with Gasteiger partial charge in [0, 0.05) is 18.9 Å². The van der Waals surface area contributed by atoms with Crippen molar-refractivity contribution < 1.29 is 22.7 Å². The summed E-state index contributed by atoms with van der Waals surface area (Å²) in [5.74, 6) is 0.868. The topological polar surface area (TPSA) is 70.4 Å². The number of amides is 1. The summed E-state index contributed by atoms with van der Waals surface area (Å²) in [5.41, 5.74) is 4.22. The van der Waals surface area contributed by atoms with Crippen LogP contribution in [0.15, 0.2) is 82.6 Å². The summed E-state index contributed by atoms with van der Waals surface area (Å²) >= 11 is 1.36. The van der Waals surface area contributed by atoms with Crippen LogP contribution in [0, 0.1) is 0 Å². The van der Waals surface area contributed by atoms with Crippen LogP contribution in [0.25, 0.3) is 6.08 Å². The van der Waals surface area contributed by atoms with E-state index in [-0.39, 0.29) is 17.6 Å². The Morgan fingerprint density at radius 2 is 1.85 bits per heavy atom. The first-order chi connectivity index (χ1) is 19.0. The highest BCUT2D eigenvalue weighted by Gasteiger charge is 2.32. The fraction of sp³-hybridized carbons (Fsp3) is 0.241. The molecule has 4 rings (SSSR count). The Bertz CT molecular complexity index is 1440. The number of hydrogen-bond acceptors (Lipinski definition) is 7. The fourth-order valence-electron chi connectivity index (χ4n) is 4.01. The number of allylic oxidation sites excluding steroid dienone is 1. The molecular formula is C29H28F3N5O2S. The molecule has 7 nitrogen and oxygen atoms in total. The van der Waals surface area contributed by atoms with Gasteiger partial charge in [-0.05, 0) is 78.1 Å². The minimum absolute atomic E-state index is 0.0268. The average Bonchev–Trinajstić information content (AvgIpc) is 3.28. The van der Waals surface area contributed by atoms with Crippen LogP contribution in [0.5, 0.6) is 5.75 Å². The molecule has 1 aliphatic rings. The van der Waals surface area contributed by atoms with E-state index in [1.165, 1.54) is 36.0 Å². The van der Waals surface area contributed by atoms with Crippen LogP contribution in [0.1, 0.15) is 37.8 Å². The van der Waals surface area contributed by atoms with Crippen LogP contribution in [0.2, 0.25) is 0 Å². The zero-order chi connectivity index (χ0) is 28.9. The first-order valence-electron chi connectivity index (χ1n) is 12.4. The minimum atomic E-state index is -4.73. The molecule has 0 atom stereocenters. The summed E-state index contributed by atoms with van der Waals surface area (Å²) in [4.78, 5) is 20.5. The van der Waals surface area contributed by atoms with Crippen molar-refractivity contribution in [1.29, 1.82) is 0 Å². The highest BCUT2D eigenvalue weighted by molar-refractivity contribution is 8.15. The molecule has 0 saturated carbocycles. The van der Waals surface area contributed by atoms with Gasteiger partial charge in [-0.15, -0.1) is 18.3 Å². The number of carbonyl (C=O) groups excluding carboxylic acids is 1. The first kappa shape index (κ1) is 28.9. The molecule has 40 heavy (non-hydrogen) atoms. The van der Waals surface area contributed by atoms with Crippen molar-refractivity contribution in [2.45, 2.75) is 33.1 Å². The number of aromatic nitrogens is 1. The quantitative estimate of drug-likeness (QED) is 0.210. The number of halogens is 3. The Balaban J connectivity index is 1.43. The van der Waals surface area contributed by atoms with E-state index in [0.717, 1.165) is 22.4 Å². The number of para-hydroxylation sites is 1. The van der Waals surface area contributed by atoms with Gasteiger partial charge in [-0.25, -0.2) is 4.98 Å². The Morgan fingerprint density at radius 3 is 2.50 bits per heavy atom. The monoisotopic (exact) mass is 567 g/mol. The number of carbonyl (C=O) groups is 1. The van der Waals surface area contributed by atoms with Crippen molar-refractivity contribution in [3.8, 4) is 5.75 Å². The number of anilines is 3. The number of alkyl halides is 3. The van der Waals surface area contributed by atoms with E-state index in [2.05, 4.69) is 33.8 Å². The van der Waals surface area contributed by atoms with Crippen LogP contribution in [-0.4, -0.2) is 41.4 Å². The van der Waals surface area contributed by atoms with E-state index < -0.39 is 6.36 Å². The number of amidine groups is 1. The predicted octanol–water partition coefficient (Wildman–Crippen LogP) is 7.40. The molecular weight excluding hydrogens is 539 g/mol. The molecule has 0 aliphatic carbocycles. The normalized spacial score (nSPS) is 15.5. The minimum Gasteiger partial charge on any atom is -0.406 e. The predicted molar refractivity (Wildman–Crippen MR) is 155 cm³/mol. The zero-order valence-corrected chi connectivity index (χ0v) is 23.2. The summed E-state index contributed by atoms with van der Waals surface area (Å²) in [6, 6.07) is 17.1. The van der Waals surface area contributed by atoms with Crippen LogP contribution in [0.3, 0.4) is 0 Å². The molecule has 1 aromatic heterocycles. The molecule has 0 unspecified atom stereocenters. The fourth-order valence-corrected chi connectivity index (χ4v) is 4.82. The third kappa shape index (κ3) is 7.29. The Hall–Kier alpha value is -4.12. The Kier molecular flexibility index (Phi) is 8.93. The number of nitrogens with zero attached hydrogens (tertiary/aromatic N) is 5. The first-order valence-corrected chi connectivity index (χ1v) is 13.4. The third-order valence-electron chi connectivity index (χ3n) is 5.94. The van der Waals surface area contributed by atoms with Gasteiger partial charge in [0.05, 0.1) is 17.7 Å². The molecule has 208 valence electrons. The van der Waals surface area contributed by atoms with Crippen molar-refractivity contribution in [1.82, 2.24) is 4.98 Å². The van der Waals surface area contributed by atoms with Gasteiger partial charge in [-0.2, -0.15) is 5.10 Å². The zero-order valence-electron chi connectivity index (χ0n) is 22.4. The van der Waals surface area contributed by atoms with E-state index in [9.17, 15) is 18.0 Å². The molecule has 0 radical (unpaired) electrons. The molecule has 2 aromatic carbocycles. The van der Waals surface area contributed by atoms with Gasteiger partial charge in [-0.1, -0.05) is 43.8 Å². The summed E-state index contributed by atoms with van der Waals surface area (Å²) in [6.07, 6.45) is 0.463. The van der Waals surface area contributed by atoms with E-state index in [4.69, 9.17) is 0 Å². The standard InChI is InChI=1S/C29H28F3N5O2S/c1-19(2)24-7-5-6-8-25(24)37-27(38)18-40-28(37)35-34-16-20(3)15-21-9-14-26(33-17-21)36(4)22-10-12-23(13-11-22)39-29(30,31)32/h5-17,19H,18H2,1-4H3/b20-15+,34-16+,35-28-. The van der Waals surface area contributed by atoms with Crippen molar-refractivity contribution in [3.63, 3.8) is 0 Å². The lowest BCUT2D eigenvalue weighted by Gasteiger charge is -2.20. The van der Waals surface area contributed by atoms with Crippen LogP contribution in [-0.2, 0) is 4.79 Å². The molecule has 3 aromatic rings. The molecule has 1 amide bonds. The summed E-state index contributed by atoms with van der Waals surface area (Å²) in [6.45, 7) is 6.06.